The van der Waals surface area contributed by atoms with E-state index < -0.39 is 6.36 Å². The Morgan fingerprint density at radius 2 is 1.80 bits per heavy atom. The number of piperidine rings is 1. The number of nitrogens with one attached hydrogen (secondary N) is 1. The van der Waals surface area contributed by atoms with Gasteiger partial charge in [0.05, 0.1) is 18.0 Å². The van der Waals surface area contributed by atoms with Gasteiger partial charge in [-0.25, -0.2) is 0 Å². The molecule has 6 nitrogen and oxygen atoms in total. The molecular formula is C26H27F3N4O2. The Kier molecular flexibility index (Phi) is 7.73. The molecule has 0 unspecified atom stereocenters. The number of ether oxygens (including phenoxy) is 1. The molecule has 9 heteroatoms. The molecule has 1 N–H and O–H groups in total. The van der Waals surface area contributed by atoms with Crippen LogP contribution in [0, 0.1) is 11.3 Å². The predicted molar refractivity (Wildman–Crippen MR) is 124 cm³/mol. The van der Waals surface area contributed by atoms with Crippen LogP contribution in [0.3, 0.4) is 0 Å². The lowest BCUT2D eigenvalue weighted by molar-refractivity contribution is -0.274. The molecule has 0 aliphatic carbocycles. The van der Waals surface area contributed by atoms with Crippen LogP contribution in [-0.2, 0) is 12.0 Å². The number of hydrogen-bond acceptors (Lipinski definition) is 6. The third kappa shape index (κ3) is 6.62. The number of benzene rings is 2. The molecule has 3 aromatic rings. The first-order valence-electron chi connectivity index (χ1n) is 11.6. The molecule has 0 atom stereocenters. The first-order valence-corrected chi connectivity index (χ1v) is 11.6. The van der Waals surface area contributed by atoms with Gasteiger partial charge < -0.3 is 19.5 Å². The van der Waals surface area contributed by atoms with E-state index in [0.717, 1.165) is 51.0 Å². The first kappa shape index (κ1) is 24.8. The zero-order valence-electron chi connectivity index (χ0n) is 19.2. The molecule has 35 heavy (non-hydrogen) atoms. The average Bonchev–Trinajstić information content (AvgIpc) is 3.33. The van der Waals surface area contributed by atoms with E-state index in [4.69, 9.17) is 4.52 Å². The molecule has 184 valence electrons. The van der Waals surface area contributed by atoms with Gasteiger partial charge in [0.15, 0.2) is 5.76 Å². The number of alkyl halides is 3. The molecule has 0 spiro atoms. The van der Waals surface area contributed by atoms with Gasteiger partial charge in [-0.3, -0.25) is 0 Å². The summed E-state index contributed by atoms with van der Waals surface area (Å²) in [5, 5.41) is 17.2. The van der Waals surface area contributed by atoms with E-state index in [9.17, 15) is 18.4 Å². The zero-order chi connectivity index (χ0) is 24.7. The minimum absolute atomic E-state index is 0.279. The van der Waals surface area contributed by atoms with Gasteiger partial charge in [0, 0.05) is 11.6 Å². The van der Waals surface area contributed by atoms with Gasteiger partial charge in [0.2, 0.25) is 0 Å². The van der Waals surface area contributed by atoms with Crippen LogP contribution in [0.1, 0.15) is 30.6 Å². The van der Waals surface area contributed by atoms with Crippen molar-refractivity contribution < 1.29 is 22.4 Å². The van der Waals surface area contributed by atoms with Crippen LogP contribution in [-0.4, -0.2) is 42.6 Å². The lowest BCUT2D eigenvalue weighted by atomic mass is 9.74. The van der Waals surface area contributed by atoms with Gasteiger partial charge in [-0.2, -0.15) is 5.26 Å². The fourth-order valence-corrected chi connectivity index (χ4v) is 4.38. The summed E-state index contributed by atoms with van der Waals surface area (Å²) < 4.78 is 46.1. The van der Waals surface area contributed by atoms with Crippen LogP contribution in [0.25, 0.3) is 11.3 Å². The summed E-state index contributed by atoms with van der Waals surface area (Å²) in [5.74, 6) is 0.369. The number of rotatable bonds is 9. The molecule has 2 aromatic carbocycles. The Balaban J connectivity index is 1.17. The number of hydrogen-bond donors (Lipinski definition) is 1. The standard InChI is InChI=1S/C26H27F3N4O2/c27-26(28,29)34-22-9-7-20(8-10-22)24-17-23(35-32-24)18-31-13-4-14-33-15-11-25(19-30,12-16-33)21-5-2-1-3-6-21/h1-3,5-10,17,31H,4,11-16,18H2. The third-order valence-electron chi connectivity index (χ3n) is 6.32. The van der Waals surface area contributed by atoms with Gasteiger partial charge in [-0.1, -0.05) is 35.5 Å². The lowest BCUT2D eigenvalue weighted by Gasteiger charge is -2.37. The Labute approximate surface area is 202 Å². The SMILES string of the molecule is N#CC1(c2ccccc2)CCN(CCCNCc2cc(-c3ccc(OC(F)(F)F)cc3)no2)CC1. The van der Waals surface area contributed by atoms with Crippen LogP contribution >= 0.6 is 0 Å². The maximum atomic E-state index is 12.3. The van der Waals surface area contributed by atoms with Gasteiger partial charge in [0.25, 0.3) is 0 Å². The van der Waals surface area contributed by atoms with Gasteiger partial charge >= 0.3 is 6.36 Å². The Morgan fingerprint density at radius 3 is 2.46 bits per heavy atom. The monoisotopic (exact) mass is 484 g/mol. The van der Waals surface area contributed by atoms with E-state index in [1.54, 1.807) is 6.07 Å². The Bertz CT molecular complexity index is 1120. The summed E-state index contributed by atoms with van der Waals surface area (Å²) in [6.45, 7) is 4.07. The highest BCUT2D eigenvalue weighted by atomic mass is 19.4. The van der Waals surface area contributed by atoms with Gasteiger partial charge in [-0.05, 0) is 75.3 Å². The second kappa shape index (κ2) is 10.9. The number of nitrogens with zero attached hydrogens (tertiary/aromatic N) is 3. The molecule has 4 rings (SSSR count). The van der Waals surface area contributed by atoms with Crippen molar-refractivity contribution in [1.82, 2.24) is 15.4 Å². The van der Waals surface area contributed by atoms with Crippen LogP contribution in [0.2, 0.25) is 0 Å². The summed E-state index contributed by atoms with van der Waals surface area (Å²) >= 11 is 0. The number of likely N-dealkylation sites (tertiary alicyclic amines) is 1. The average molecular weight is 485 g/mol. The Morgan fingerprint density at radius 1 is 1.09 bits per heavy atom. The topological polar surface area (TPSA) is 74.3 Å². The molecule has 1 aliphatic heterocycles. The smallest absolute Gasteiger partial charge is 0.406 e. The fourth-order valence-electron chi connectivity index (χ4n) is 4.38. The first-order chi connectivity index (χ1) is 16.9. The van der Waals surface area contributed by atoms with Gasteiger partial charge in [0.1, 0.15) is 11.4 Å². The quantitative estimate of drug-likeness (QED) is 0.417. The maximum Gasteiger partial charge on any atom is 0.573 e. The van der Waals surface area contributed by atoms with E-state index in [1.807, 2.05) is 18.2 Å². The van der Waals surface area contributed by atoms with Crippen molar-refractivity contribution in [2.45, 2.75) is 37.6 Å². The summed E-state index contributed by atoms with van der Waals surface area (Å²) in [6.07, 6.45) is -2.08. The third-order valence-corrected chi connectivity index (χ3v) is 6.32. The van der Waals surface area contributed by atoms with E-state index in [1.165, 1.54) is 24.3 Å². The van der Waals surface area contributed by atoms with E-state index in [-0.39, 0.29) is 11.2 Å². The van der Waals surface area contributed by atoms with E-state index in [0.29, 0.717) is 23.6 Å². The minimum Gasteiger partial charge on any atom is -0.406 e. The second-order valence-electron chi connectivity index (χ2n) is 8.68. The number of aromatic nitrogens is 1. The van der Waals surface area contributed by atoms with Crippen LogP contribution in [0.4, 0.5) is 13.2 Å². The largest absolute Gasteiger partial charge is 0.573 e. The lowest BCUT2D eigenvalue weighted by Crippen LogP contribution is -2.42. The molecule has 1 aliphatic rings. The van der Waals surface area contributed by atoms with Crippen LogP contribution < -0.4 is 10.1 Å². The molecule has 1 aromatic heterocycles. The van der Waals surface area contributed by atoms with Crippen LogP contribution in [0.5, 0.6) is 5.75 Å². The van der Waals surface area contributed by atoms with Crippen LogP contribution in [0.15, 0.2) is 65.2 Å². The highest BCUT2D eigenvalue weighted by Crippen LogP contribution is 2.34. The van der Waals surface area contributed by atoms with Gasteiger partial charge in [-0.15, -0.1) is 13.2 Å². The minimum atomic E-state index is -4.72. The zero-order valence-corrected chi connectivity index (χ0v) is 19.2. The molecule has 2 heterocycles. The molecule has 0 bridgehead atoms. The van der Waals surface area contributed by atoms with Crippen molar-refractivity contribution in [1.29, 1.82) is 5.26 Å². The molecular weight excluding hydrogens is 457 g/mol. The maximum absolute atomic E-state index is 12.3. The fraction of sp³-hybridized carbons (Fsp3) is 0.385. The van der Waals surface area contributed by atoms with E-state index in [2.05, 4.69) is 38.3 Å². The molecule has 0 radical (unpaired) electrons. The van der Waals surface area contributed by atoms with Crippen molar-refractivity contribution in [3.05, 3.63) is 72.0 Å². The molecule has 1 fully saturated rings. The summed E-state index contributed by atoms with van der Waals surface area (Å²) in [5.41, 5.74) is 1.92. The Hall–Kier alpha value is -3.35. The summed E-state index contributed by atoms with van der Waals surface area (Å²) in [7, 11) is 0. The second-order valence-corrected chi connectivity index (χ2v) is 8.68. The van der Waals surface area contributed by atoms with Crippen molar-refractivity contribution in [3.63, 3.8) is 0 Å². The summed E-state index contributed by atoms with van der Waals surface area (Å²) in [6, 6.07) is 19.9. The van der Waals surface area contributed by atoms with E-state index >= 15 is 0 Å². The number of halogens is 3. The predicted octanol–water partition coefficient (Wildman–Crippen LogP) is 5.28. The van der Waals surface area contributed by atoms with Crippen molar-refractivity contribution in [2.24, 2.45) is 0 Å². The normalized spacial score (nSPS) is 16.1. The van der Waals surface area contributed by atoms with Crippen molar-refractivity contribution >= 4 is 0 Å². The van der Waals surface area contributed by atoms with Crippen molar-refractivity contribution in [2.75, 3.05) is 26.2 Å². The molecule has 0 saturated carbocycles. The summed E-state index contributed by atoms with van der Waals surface area (Å²) in [4.78, 5) is 2.40. The highest BCUT2D eigenvalue weighted by Gasteiger charge is 2.36. The highest BCUT2D eigenvalue weighted by molar-refractivity contribution is 5.59. The number of nitriles is 1. The van der Waals surface area contributed by atoms with Crippen molar-refractivity contribution in [3.8, 4) is 23.1 Å². The molecule has 0 amide bonds. The molecule has 1 saturated heterocycles.